The van der Waals surface area contributed by atoms with Crippen LogP contribution in [0.3, 0.4) is 0 Å². The van der Waals surface area contributed by atoms with Gasteiger partial charge in [0.2, 0.25) is 5.91 Å². The van der Waals surface area contributed by atoms with E-state index in [1.807, 2.05) is 26.0 Å². The molecule has 0 aliphatic carbocycles. The van der Waals surface area contributed by atoms with Crippen molar-refractivity contribution in [1.82, 2.24) is 29.5 Å². The third-order valence-corrected chi connectivity index (χ3v) is 6.34. The number of anilines is 1. The third-order valence-electron chi connectivity index (χ3n) is 6.34. The van der Waals surface area contributed by atoms with Crippen molar-refractivity contribution >= 4 is 22.8 Å². The fourth-order valence-electron chi connectivity index (χ4n) is 4.83. The predicted octanol–water partition coefficient (Wildman–Crippen LogP) is 4.53. The Hall–Kier alpha value is -3.68. The van der Waals surface area contributed by atoms with E-state index < -0.39 is 5.41 Å². The molecule has 168 valence electrons. The van der Waals surface area contributed by atoms with Crippen molar-refractivity contribution in [2.24, 2.45) is 5.92 Å². The first kappa shape index (κ1) is 21.2. The summed E-state index contributed by atoms with van der Waals surface area (Å²) in [6, 6.07) is 6.03. The molecule has 4 heterocycles. The molecule has 0 radical (unpaired) electrons. The van der Waals surface area contributed by atoms with Crippen molar-refractivity contribution in [3.05, 3.63) is 48.3 Å². The zero-order chi connectivity index (χ0) is 23.3. The Kier molecular flexibility index (Phi) is 4.96. The van der Waals surface area contributed by atoms with Gasteiger partial charge in [-0.15, -0.1) is 0 Å². The van der Waals surface area contributed by atoms with E-state index >= 15 is 0 Å². The molecule has 0 saturated carbocycles. The molecular weight excluding hydrogens is 414 g/mol. The summed E-state index contributed by atoms with van der Waals surface area (Å²) in [7, 11) is 0. The van der Waals surface area contributed by atoms with Gasteiger partial charge < -0.3 is 9.88 Å². The lowest BCUT2D eigenvalue weighted by molar-refractivity contribution is -0.120. The lowest BCUT2D eigenvalue weighted by Crippen LogP contribution is -2.32. The number of aromatic nitrogens is 6. The molecular formula is C25H27N7O. The van der Waals surface area contributed by atoms with Crippen LogP contribution < -0.4 is 5.32 Å². The summed E-state index contributed by atoms with van der Waals surface area (Å²) < 4.78 is 2.05. The Morgan fingerprint density at radius 1 is 1.09 bits per heavy atom. The maximum atomic E-state index is 12.9. The second-order valence-corrected chi connectivity index (χ2v) is 9.24. The Bertz CT molecular complexity index is 1370. The fourth-order valence-corrected chi connectivity index (χ4v) is 4.83. The lowest BCUT2D eigenvalue weighted by Gasteiger charge is -2.24. The summed E-state index contributed by atoms with van der Waals surface area (Å²) in [5.41, 5.74) is 5.28. The van der Waals surface area contributed by atoms with Crippen molar-refractivity contribution in [2.45, 2.75) is 53.0 Å². The van der Waals surface area contributed by atoms with Crippen molar-refractivity contribution < 1.29 is 4.79 Å². The van der Waals surface area contributed by atoms with Crippen LogP contribution in [0, 0.1) is 12.8 Å². The van der Waals surface area contributed by atoms with Crippen LogP contribution in [0.25, 0.3) is 33.8 Å². The molecule has 4 aromatic rings. The van der Waals surface area contributed by atoms with Gasteiger partial charge in [0.05, 0.1) is 11.0 Å². The maximum Gasteiger partial charge on any atom is 0.234 e. The minimum Gasteiger partial charge on any atom is -0.325 e. The second-order valence-electron chi connectivity index (χ2n) is 9.24. The number of fused-ring (bicyclic) bond motifs is 2. The average molecular weight is 442 g/mol. The van der Waals surface area contributed by atoms with E-state index in [0.29, 0.717) is 18.3 Å². The number of hydrogen-bond acceptors (Lipinski definition) is 6. The van der Waals surface area contributed by atoms with Gasteiger partial charge in [-0.05, 0) is 50.8 Å². The van der Waals surface area contributed by atoms with E-state index in [4.69, 9.17) is 4.98 Å². The van der Waals surface area contributed by atoms with Crippen LogP contribution in [0.2, 0.25) is 0 Å². The number of benzene rings is 1. The third kappa shape index (κ3) is 3.37. The first-order chi connectivity index (χ1) is 15.8. The summed E-state index contributed by atoms with van der Waals surface area (Å²) in [4.78, 5) is 35.6. The molecule has 5 rings (SSSR count). The topological polar surface area (TPSA) is 98.5 Å². The van der Waals surface area contributed by atoms with Crippen LogP contribution in [-0.2, 0) is 16.8 Å². The quantitative estimate of drug-likeness (QED) is 0.488. The first-order valence-corrected chi connectivity index (χ1v) is 11.3. The van der Waals surface area contributed by atoms with Crippen LogP contribution in [-0.4, -0.2) is 35.4 Å². The van der Waals surface area contributed by atoms with Gasteiger partial charge in [0.25, 0.3) is 0 Å². The average Bonchev–Trinajstić information content (AvgIpc) is 3.28. The number of amides is 1. The Morgan fingerprint density at radius 3 is 2.55 bits per heavy atom. The minimum absolute atomic E-state index is 0.0492. The molecule has 1 aliphatic rings. The highest BCUT2D eigenvalue weighted by atomic mass is 16.2. The maximum absolute atomic E-state index is 12.9. The number of carbonyl (C=O) groups excluding carboxylic acids is 1. The monoisotopic (exact) mass is 441 g/mol. The number of hydrogen-bond donors (Lipinski definition) is 1. The number of nitrogens with one attached hydrogen (secondary N) is 1. The zero-order valence-corrected chi connectivity index (χ0v) is 19.5. The van der Waals surface area contributed by atoms with Gasteiger partial charge in [0, 0.05) is 30.2 Å². The Labute approximate surface area is 192 Å². The fraction of sp³-hybridized carbons (Fsp3) is 0.360. The molecule has 3 aromatic heterocycles. The number of nitrogens with zero attached hydrogens (tertiary/aromatic N) is 6. The van der Waals surface area contributed by atoms with Crippen molar-refractivity contribution in [2.75, 3.05) is 5.32 Å². The van der Waals surface area contributed by atoms with E-state index in [2.05, 4.69) is 56.7 Å². The van der Waals surface area contributed by atoms with Gasteiger partial charge in [-0.3, -0.25) is 4.79 Å². The predicted molar refractivity (Wildman–Crippen MR) is 128 cm³/mol. The molecule has 8 nitrogen and oxygen atoms in total. The Balaban J connectivity index is 1.68. The normalized spacial score (nSPS) is 17.6. The van der Waals surface area contributed by atoms with Crippen molar-refractivity contribution in [3.63, 3.8) is 0 Å². The zero-order valence-electron chi connectivity index (χ0n) is 19.5. The molecule has 1 atom stereocenters. The number of rotatable bonds is 5. The summed E-state index contributed by atoms with van der Waals surface area (Å²) in [5, 5.41) is 3.05. The molecule has 1 aliphatic heterocycles. The molecule has 1 aromatic carbocycles. The highest BCUT2D eigenvalue weighted by Crippen LogP contribution is 2.44. The van der Waals surface area contributed by atoms with Crippen LogP contribution in [0.15, 0.2) is 36.9 Å². The van der Waals surface area contributed by atoms with E-state index in [-0.39, 0.29) is 5.91 Å². The van der Waals surface area contributed by atoms with Crippen molar-refractivity contribution in [1.29, 1.82) is 0 Å². The lowest BCUT2D eigenvalue weighted by atomic mass is 9.76. The SMILES string of the molecule is CCn1c(-c2cnc(C)nc2)nc2c(-c3ccc4c(c3)[C@@](C)(CC(C)C)C(=O)N4)ncnc21. The molecule has 1 N–H and O–H groups in total. The first-order valence-electron chi connectivity index (χ1n) is 11.3. The van der Waals surface area contributed by atoms with Crippen LogP contribution >= 0.6 is 0 Å². The van der Waals surface area contributed by atoms with Crippen molar-refractivity contribution in [3.8, 4) is 22.6 Å². The second kappa shape index (κ2) is 7.72. The number of imidazole rings is 1. The van der Waals surface area contributed by atoms with Gasteiger partial charge in [0.1, 0.15) is 29.2 Å². The standard InChI is InChI=1S/C25H27N7O/c1-6-32-22(17-11-26-15(4)27-12-17)31-21-20(28-13-29-23(21)32)16-7-8-19-18(9-16)25(5,10-14(2)3)24(33)30-19/h7-9,11-14H,6,10H2,1-5H3,(H,30,33)/t25-/m1/s1. The molecule has 33 heavy (non-hydrogen) atoms. The number of carbonyl (C=O) groups is 1. The molecule has 0 saturated heterocycles. The number of aryl methyl sites for hydroxylation is 2. The van der Waals surface area contributed by atoms with Gasteiger partial charge in [-0.1, -0.05) is 19.9 Å². The molecule has 0 fully saturated rings. The van der Waals surface area contributed by atoms with Gasteiger partial charge in [-0.2, -0.15) is 0 Å². The Morgan fingerprint density at radius 2 is 1.85 bits per heavy atom. The van der Waals surface area contributed by atoms with Crippen LogP contribution in [0.5, 0.6) is 0 Å². The summed E-state index contributed by atoms with van der Waals surface area (Å²) in [6.07, 6.45) is 5.92. The van der Waals surface area contributed by atoms with E-state index in [1.165, 1.54) is 0 Å². The molecule has 0 unspecified atom stereocenters. The largest absolute Gasteiger partial charge is 0.325 e. The molecule has 0 bridgehead atoms. The van der Waals surface area contributed by atoms with Gasteiger partial charge in [0.15, 0.2) is 5.65 Å². The van der Waals surface area contributed by atoms with E-state index in [0.717, 1.165) is 51.5 Å². The van der Waals surface area contributed by atoms with Crippen LogP contribution in [0.1, 0.15) is 45.5 Å². The molecule has 0 spiro atoms. The van der Waals surface area contributed by atoms with E-state index in [1.54, 1.807) is 18.7 Å². The molecule has 8 heteroatoms. The van der Waals surface area contributed by atoms with Crippen LogP contribution in [0.4, 0.5) is 5.69 Å². The highest BCUT2D eigenvalue weighted by molar-refractivity contribution is 6.06. The minimum atomic E-state index is -0.571. The highest BCUT2D eigenvalue weighted by Gasteiger charge is 2.43. The smallest absolute Gasteiger partial charge is 0.234 e. The summed E-state index contributed by atoms with van der Waals surface area (Å²) >= 11 is 0. The summed E-state index contributed by atoms with van der Waals surface area (Å²) in [6.45, 7) is 10.9. The van der Waals surface area contributed by atoms with E-state index in [9.17, 15) is 4.79 Å². The van der Waals surface area contributed by atoms with Gasteiger partial charge >= 0.3 is 0 Å². The molecule has 1 amide bonds. The summed E-state index contributed by atoms with van der Waals surface area (Å²) in [5.74, 6) is 1.91. The van der Waals surface area contributed by atoms with Gasteiger partial charge in [-0.25, -0.2) is 24.9 Å².